The van der Waals surface area contributed by atoms with Crippen molar-refractivity contribution in [1.29, 1.82) is 0 Å². The maximum absolute atomic E-state index is 5.78. The molecule has 2 rings (SSSR count). The van der Waals surface area contributed by atoms with E-state index in [1.54, 1.807) is 11.8 Å². The number of benzene rings is 1. The van der Waals surface area contributed by atoms with E-state index in [2.05, 4.69) is 29.2 Å². The highest BCUT2D eigenvalue weighted by Gasteiger charge is 2.07. The molecular formula is C14H18N2OS. The van der Waals surface area contributed by atoms with Crippen LogP contribution in [0.4, 0.5) is 0 Å². The molecule has 1 heterocycles. The van der Waals surface area contributed by atoms with Crippen LogP contribution in [0.25, 0.3) is 0 Å². The quantitative estimate of drug-likeness (QED) is 0.918. The zero-order valence-electron chi connectivity index (χ0n) is 10.9. The first kappa shape index (κ1) is 13.2. The normalized spacial score (nSPS) is 12.7. The van der Waals surface area contributed by atoms with Gasteiger partial charge >= 0.3 is 0 Å². The van der Waals surface area contributed by atoms with Gasteiger partial charge in [-0.1, -0.05) is 12.1 Å². The van der Waals surface area contributed by atoms with E-state index in [4.69, 9.17) is 10.2 Å². The summed E-state index contributed by atoms with van der Waals surface area (Å²) in [7, 11) is 0. The van der Waals surface area contributed by atoms with Crippen LogP contribution in [-0.4, -0.2) is 11.0 Å². The predicted octanol–water partition coefficient (Wildman–Crippen LogP) is 3.33. The molecule has 0 bridgehead atoms. The van der Waals surface area contributed by atoms with Crippen molar-refractivity contribution in [2.24, 2.45) is 5.73 Å². The van der Waals surface area contributed by atoms with Crippen LogP contribution in [0.2, 0.25) is 0 Å². The number of hydrogen-bond acceptors (Lipinski definition) is 4. The highest BCUT2D eigenvalue weighted by Crippen LogP contribution is 2.28. The van der Waals surface area contributed by atoms with Crippen LogP contribution in [0.15, 0.2) is 38.8 Å². The van der Waals surface area contributed by atoms with Gasteiger partial charge in [0.05, 0.1) is 5.69 Å². The minimum atomic E-state index is 0.195. The summed E-state index contributed by atoms with van der Waals surface area (Å²) < 4.78 is 5.54. The van der Waals surface area contributed by atoms with Crippen molar-refractivity contribution in [3.05, 3.63) is 41.3 Å². The number of nitrogens with zero attached hydrogens (tertiary/aromatic N) is 1. The Kier molecular flexibility index (Phi) is 4.09. The van der Waals surface area contributed by atoms with Gasteiger partial charge in [0.15, 0.2) is 0 Å². The van der Waals surface area contributed by atoms with Crippen molar-refractivity contribution in [3.8, 4) is 0 Å². The first-order chi connectivity index (χ1) is 8.54. The minimum Gasteiger partial charge on any atom is -0.436 e. The lowest BCUT2D eigenvalue weighted by Crippen LogP contribution is -2.17. The van der Waals surface area contributed by atoms with E-state index in [0.29, 0.717) is 5.22 Å². The molecule has 0 fully saturated rings. The monoisotopic (exact) mass is 262 g/mol. The fourth-order valence-electron chi connectivity index (χ4n) is 1.65. The standard InChI is InChI=1S/C14H18N2OS/c1-9(15)8-12-4-6-13(7-5-12)18-14-16-10(2)11(3)17-14/h4-7,9H,8,15H2,1-3H3. The molecule has 0 radical (unpaired) electrons. The van der Waals surface area contributed by atoms with Crippen molar-refractivity contribution >= 4 is 11.8 Å². The van der Waals surface area contributed by atoms with Crippen LogP contribution in [0.5, 0.6) is 0 Å². The highest BCUT2D eigenvalue weighted by atomic mass is 32.2. The van der Waals surface area contributed by atoms with Gasteiger partial charge in [-0.15, -0.1) is 0 Å². The van der Waals surface area contributed by atoms with Crippen molar-refractivity contribution in [2.45, 2.75) is 43.4 Å². The third-order valence-electron chi connectivity index (χ3n) is 2.70. The smallest absolute Gasteiger partial charge is 0.260 e. The van der Waals surface area contributed by atoms with Gasteiger partial charge in [0.2, 0.25) is 0 Å². The lowest BCUT2D eigenvalue weighted by molar-refractivity contribution is 0.431. The average molecular weight is 262 g/mol. The number of hydrogen-bond donors (Lipinski definition) is 1. The van der Waals surface area contributed by atoms with E-state index >= 15 is 0 Å². The van der Waals surface area contributed by atoms with Gasteiger partial charge in [0.1, 0.15) is 5.76 Å². The second-order valence-corrected chi connectivity index (χ2v) is 5.57. The molecule has 2 N–H and O–H groups in total. The molecular weight excluding hydrogens is 244 g/mol. The molecule has 0 aliphatic carbocycles. The van der Waals surface area contributed by atoms with Crippen LogP contribution < -0.4 is 5.73 Å². The van der Waals surface area contributed by atoms with E-state index in [0.717, 1.165) is 22.8 Å². The average Bonchev–Trinajstić information content (AvgIpc) is 2.60. The number of aromatic nitrogens is 1. The van der Waals surface area contributed by atoms with Crippen LogP contribution in [0.1, 0.15) is 23.9 Å². The predicted molar refractivity (Wildman–Crippen MR) is 73.9 cm³/mol. The topological polar surface area (TPSA) is 52.0 Å². The molecule has 0 saturated carbocycles. The Morgan fingerprint density at radius 3 is 2.44 bits per heavy atom. The van der Waals surface area contributed by atoms with E-state index in [-0.39, 0.29) is 6.04 Å². The lowest BCUT2D eigenvalue weighted by atomic mass is 10.1. The van der Waals surface area contributed by atoms with Gasteiger partial charge in [0, 0.05) is 10.9 Å². The summed E-state index contributed by atoms with van der Waals surface area (Å²) in [4.78, 5) is 5.48. The Morgan fingerprint density at radius 2 is 1.94 bits per heavy atom. The maximum Gasteiger partial charge on any atom is 0.260 e. The van der Waals surface area contributed by atoms with E-state index in [1.807, 2.05) is 20.8 Å². The molecule has 0 aliphatic heterocycles. The molecule has 1 unspecified atom stereocenters. The molecule has 96 valence electrons. The Labute approximate surface area is 112 Å². The van der Waals surface area contributed by atoms with Crippen molar-refractivity contribution < 1.29 is 4.42 Å². The van der Waals surface area contributed by atoms with Crippen molar-refractivity contribution in [2.75, 3.05) is 0 Å². The molecule has 4 heteroatoms. The summed E-state index contributed by atoms with van der Waals surface area (Å²) in [5.41, 5.74) is 7.98. The first-order valence-electron chi connectivity index (χ1n) is 6.01. The van der Waals surface area contributed by atoms with Gasteiger partial charge in [-0.25, -0.2) is 4.98 Å². The van der Waals surface area contributed by atoms with Crippen LogP contribution in [0.3, 0.4) is 0 Å². The Balaban J connectivity index is 2.06. The molecule has 2 aromatic rings. The van der Waals surface area contributed by atoms with Gasteiger partial charge in [-0.3, -0.25) is 0 Å². The molecule has 0 aliphatic rings. The SMILES string of the molecule is Cc1nc(Sc2ccc(CC(C)N)cc2)oc1C. The molecule has 1 atom stereocenters. The number of rotatable bonds is 4. The largest absolute Gasteiger partial charge is 0.436 e. The van der Waals surface area contributed by atoms with E-state index in [1.165, 1.54) is 5.56 Å². The van der Waals surface area contributed by atoms with Crippen molar-refractivity contribution in [3.63, 3.8) is 0 Å². The molecule has 18 heavy (non-hydrogen) atoms. The summed E-state index contributed by atoms with van der Waals surface area (Å²) in [6.07, 6.45) is 0.905. The maximum atomic E-state index is 5.78. The zero-order chi connectivity index (χ0) is 13.1. The summed E-state index contributed by atoms with van der Waals surface area (Å²) in [5, 5.41) is 0.699. The Morgan fingerprint density at radius 1 is 1.28 bits per heavy atom. The lowest BCUT2D eigenvalue weighted by Gasteiger charge is -2.05. The molecule has 0 amide bonds. The molecule has 0 spiro atoms. The fraction of sp³-hybridized carbons (Fsp3) is 0.357. The number of nitrogens with two attached hydrogens (primary N) is 1. The van der Waals surface area contributed by atoms with Gasteiger partial charge in [0.25, 0.3) is 5.22 Å². The van der Waals surface area contributed by atoms with Gasteiger partial charge in [-0.2, -0.15) is 0 Å². The Hall–Kier alpha value is -1.26. The Bertz CT molecular complexity index is 498. The zero-order valence-corrected chi connectivity index (χ0v) is 11.8. The third kappa shape index (κ3) is 3.37. The molecule has 0 saturated heterocycles. The molecule has 1 aromatic heterocycles. The third-order valence-corrected chi connectivity index (χ3v) is 3.55. The fourth-order valence-corrected chi connectivity index (χ4v) is 2.48. The van der Waals surface area contributed by atoms with Gasteiger partial charge < -0.3 is 10.2 Å². The van der Waals surface area contributed by atoms with Crippen molar-refractivity contribution in [1.82, 2.24) is 4.98 Å². The van der Waals surface area contributed by atoms with E-state index in [9.17, 15) is 0 Å². The number of aryl methyl sites for hydroxylation is 2. The highest BCUT2D eigenvalue weighted by molar-refractivity contribution is 7.99. The van der Waals surface area contributed by atoms with Crippen LogP contribution >= 0.6 is 11.8 Å². The second kappa shape index (κ2) is 5.59. The summed E-state index contributed by atoms with van der Waals surface area (Å²) >= 11 is 1.54. The van der Waals surface area contributed by atoms with E-state index < -0.39 is 0 Å². The van der Waals surface area contributed by atoms with Gasteiger partial charge in [-0.05, 0) is 56.7 Å². The molecule has 1 aromatic carbocycles. The number of oxazole rings is 1. The summed E-state index contributed by atoms with van der Waals surface area (Å²) in [6.45, 7) is 5.90. The van der Waals surface area contributed by atoms with Crippen LogP contribution in [-0.2, 0) is 6.42 Å². The second-order valence-electron chi connectivity index (χ2n) is 4.55. The molecule has 3 nitrogen and oxygen atoms in total. The summed E-state index contributed by atoms with van der Waals surface area (Å²) in [5.74, 6) is 0.881. The first-order valence-corrected chi connectivity index (χ1v) is 6.82. The minimum absolute atomic E-state index is 0.195. The van der Waals surface area contributed by atoms with Crippen LogP contribution in [0, 0.1) is 13.8 Å². The summed E-state index contributed by atoms with van der Waals surface area (Å²) in [6, 6.07) is 8.57.